The van der Waals surface area contributed by atoms with Crippen molar-refractivity contribution in [2.24, 2.45) is 0 Å². The van der Waals surface area contributed by atoms with Crippen molar-refractivity contribution in [2.45, 2.75) is 38.3 Å². The standard InChI is InChI=1S/C16H23N3/c1-18(14-7-3-4-8-14)10-11-19-12-13-6-2-5-9-15(13)16(19)17/h2,5-6,9,14,17H,3-4,7-8,10-12H2,1H3. The molecule has 102 valence electrons. The molecule has 0 amide bonds. The third-order valence-corrected chi connectivity index (χ3v) is 4.62. The predicted octanol–water partition coefficient (Wildman–Crippen LogP) is 2.70. The summed E-state index contributed by atoms with van der Waals surface area (Å²) in [6.07, 6.45) is 5.49. The maximum atomic E-state index is 8.25. The van der Waals surface area contributed by atoms with Crippen LogP contribution < -0.4 is 0 Å². The number of rotatable bonds is 4. The van der Waals surface area contributed by atoms with E-state index in [2.05, 4.69) is 35.0 Å². The Labute approximate surface area is 115 Å². The van der Waals surface area contributed by atoms with E-state index in [-0.39, 0.29) is 0 Å². The molecule has 19 heavy (non-hydrogen) atoms. The molecule has 1 aromatic carbocycles. The zero-order chi connectivity index (χ0) is 13.2. The zero-order valence-corrected chi connectivity index (χ0v) is 11.7. The molecule has 0 aromatic heterocycles. The van der Waals surface area contributed by atoms with Gasteiger partial charge in [-0.15, -0.1) is 0 Å². The van der Waals surface area contributed by atoms with Crippen LogP contribution in [0.1, 0.15) is 36.8 Å². The quantitative estimate of drug-likeness (QED) is 0.899. The summed E-state index contributed by atoms with van der Waals surface area (Å²) in [4.78, 5) is 4.69. The first-order valence-electron chi connectivity index (χ1n) is 7.38. The number of likely N-dealkylation sites (N-methyl/N-ethyl adjacent to an activating group) is 1. The van der Waals surface area contributed by atoms with Gasteiger partial charge in [0.05, 0.1) is 0 Å². The number of benzene rings is 1. The highest BCUT2D eigenvalue weighted by atomic mass is 15.2. The largest absolute Gasteiger partial charge is 0.351 e. The van der Waals surface area contributed by atoms with Crippen LogP contribution in [0.3, 0.4) is 0 Å². The molecule has 0 saturated heterocycles. The van der Waals surface area contributed by atoms with Gasteiger partial charge in [-0.25, -0.2) is 0 Å². The molecule has 3 heteroatoms. The Morgan fingerprint density at radius 2 is 2.00 bits per heavy atom. The van der Waals surface area contributed by atoms with Gasteiger partial charge in [-0.1, -0.05) is 37.1 Å². The van der Waals surface area contributed by atoms with Gasteiger partial charge in [-0.2, -0.15) is 0 Å². The fourth-order valence-corrected chi connectivity index (χ4v) is 3.34. The lowest BCUT2D eigenvalue weighted by molar-refractivity contribution is 0.224. The van der Waals surface area contributed by atoms with E-state index in [1.54, 1.807) is 0 Å². The fourth-order valence-electron chi connectivity index (χ4n) is 3.34. The van der Waals surface area contributed by atoms with Crippen molar-refractivity contribution >= 4 is 5.84 Å². The molecule has 1 aromatic rings. The van der Waals surface area contributed by atoms with E-state index in [1.807, 2.05) is 6.07 Å². The third kappa shape index (κ3) is 2.52. The van der Waals surface area contributed by atoms with Crippen LogP contribution in [0.2, 0.25) is 0 Å². The van der Waals surface area contributed by atoms with Crippen molar-refractivity contribution in [3.05, 3.63) is 35.4 Å². The van der Waals surface area contributed by atoms with E-state index in [0.717, 1.165) is 31.2 Å². The normalized spacial score (nSPS) is 19.5. The van der Waals surface area contributed by atoms with Crippen LogP contribution in [-0.4, -0.2) is 41.8 Å². The van der Waals surface area contributed by atoms with E-state index in [4.69, 9.17) is 5.41 Å². The highest BCUT2D eigenvalue weighted by Gasteiger charge is 2.25. The van der Waals surface area contributed by atoms with Gasteiger partial charge in [0.15, 0.2) is 0 Å². The van der Waals surface area contributed by atoms with Crippen molar-refractivity contribution in [3.63, 3.8) is 0 Å². The summed E-state index contributed by atoms with van der Waals surface area (Å²) >= 11 is 0. The van der Waals surface area contributed by atoms with E-state index in [1.165, 1.54) is 31.2 Å². The average Bonchev–Trinajstić information content (AvgIpc) is 3.05. The Morgan fingerprint density at radius 3 is 2.74 bits per heavy atom. The Balaban J connectivity index is 1.56. The minimum atomic E-state index is 0.704. The molecule has 1 aliphatic carbocycles. The summed E-state index contributed by atoms with van der Waals surface area (Å²) < 4.78 is 0. The topological polar surface area (TPSA) is 30.3 Å². The molecule has 1 fully saturated rings. The van der Waals surface area contributed by atoms with Crippen LogP contribution >= 0.6 is 0 Å². The van der Waals surface area contributed by atoms with E-state index >= 15 is 0 Å². The minimum absolute atomic E-state index is 0.704. The first-order valence-corrected chi connectivity index (χ1v) is 7.38. The maximum Gasteiger partial charge on any atom is 0.128 e. The summed E-state index contributed by atoms with van der Waals surface area (Å²) in [5.74, 6) is 0.704. The van der Waals surface area contributed by atoms with Gasteiger partial charge >= 0.3 is 0 Å². The molecular weight excluding hydrogens is 234 g/mol. The molecule has 1 N–H and O–H groups in total. The van der Waals surface area contributed by atoms with Gasteiger partial charge in [0.2, 0.25) is 0 Å². The van der Waals surface area contributed by atoms with Gasteiger partial charge in [-0.3, -0.25) is 5.41 Å². The molecule has 1 heterocycles. The Bertz CT molecular complexity index is 463. The van der Waals surface area contributed by atoms with Crippen molar-refractivity contribution < 1.29 is 0 Å². The van der Waals surface area contributed by atoms with Crippen LogP contribution in [-0.2, 0) is 6.54 Å². The Morgan fingerprint density at radius 1 is 1.26 bits per heavy atom. The highest BCUT2D eigenvalue weighted by molar-refractivity contribution is 6.00. The lowest BCUT2D eigenvalue weighted by atomic mass is 10.1. The number of hydrogen-bond donors (Lipinski definition) is 1. The average molecular weight is 257 g/mol. The predicted molar refractivity (Wildman–Crippen MR) is 78.6 cm³/mol. The molecule has 2 aliphatic rings. The first kappa shape index (κ1) is 12.7. The van der Waals surface area contributed by atoms with Crippen LogP contribution in [0.4, 0.5) is 0 Å². The monoisotopic (exact) mass is 257 g/mol. The number of nitrogens with one attached hydrogen (secondary N) is 1. The van der Waals surface area contributed by atoms with Gasteiger partial charge in [0, 0.05) is 31.2 Å². The molecule has 3 rings (SSSR count). The first-order chi connectivity index (χ1) is 9.25. The smallest absolute Gasteiger partial charge is 0.128 e. The van der Waals surface area contributed by atoms with Crippen molar-refractivity contribution in [2.75, 3.05) is 20.1 Å². The van der Waals surface area contributed by atoms with Crippen molar-refractivity contribution in [1.29, 1.82) is 5.41 Å². The number of hydrogen-bond acceptors (Lipinski definition) is 2. The van der Waals surface area contributed by atoms with Crippen molar-refractivity contribution in [1.82, 2.24) is 9.80 Å². The van der Waals surface area contributed by atoms with Gasteiger partial charge in [0.25, 0.3) is 0 Å². The molecule has 1 aliphatic heterocycles. The molecule has 0 atom stereocenters. The zero-order valence-electron chi connectivity index (χ0n) is 11.7. The molecule has 0 spiro atoms. The molecule has 3 nitrogen and oxygen atoms in total. The van der Waals surface area contributed by atoms with E-state index in [0.29, 0.717) is 5.84 Å². The summed E-state index contributed by atoms with van der Waals surface area (Å²) in [5.41, 5.74) is 2.42. The minimum Gasteiger partial charge on any atom is -0.351 e. The molecule has 0 radical (unpaired) electrons. The second kappa shape index (κ2) is 5.33. The second-order valence-corrected chi connectivity index (χ2v) is 5.85. The van der Waals surface area contributed by atoms with Crippen LogP contribution in [0.25, 0.3) is 0 Å². The van der Waals surface area contributed by atoms with Gasteiger partial charge < -0.3 is 9.80 Å². The maximum absolute atomic E-state index is 8.25. The Hall–Kier alpha value is -1.35. The van der Waals surface area contributed by atoms with Crippen LogP contribution in [0.15, 0.2) is 24.3 Å². The van der Waals surface area contributed by atoms with Gasteiger partial charge in [0.1, 0.15) is 5.84 Å². The summed E-state index contributed by atoms with van der Waals surface area (Å²) in [6.45, 7) is 2.95. The van der Waals surface area contributed by atoms with Gasteiger partial charge in [-0.05, 0) is 25.5 Å². The molecular formula is C16H23N3. The number of nitrogens with zero attached hydrogens (tertiary/aromatic N) is 2. The summed E-state index contributed by atoms with van der Waals surface area (Å²) in [7, 11) is 2.24. The number of amidine groups is 1. The molecule has 0 bridgehead atoms. The lowest BCUT2D eigenvalue weighted by Gasteiger charge is -2.27. The van der Waals surface area contributed by atoms with Crippen molar-refractivity contribution in [3.8, 4) is 0 Å². The second-order valence-electron chi connectivity index (χ2n) is 5.85. The van der Waals surface area contributed by atoms with E-state index in [9.17, 15) is 0 Å². The molecule has 1 saturated carbocycles. The highest BCUT2D eigenvalue weighted by Crippen LogP contribution is 2.24. The van der Waals surface area contributed by atoms with E-state index < -0.39 is 0 Å². The lowest BCUT2D eigenvalue weighted by Crippen LogP contribution is -2.37. The van der Waals surface area contributed by atoms with Crippen LogP contribution in [0.5, 0.6) is 0 Å². The summed E-state index contributed by atoms with van der Waals surface area (Å²) in [5, 5.41) is 8.25. The SMILES string of the molecule is CN(CCN1Cc2ccccc2C1=N)C1CCCC1. The Kier molecular flexibility index (Phi) is 3.56. The number of fused-ring (bicyclic) bond motifs is 1. The van der Waals surface area contributed by atoms with Crippen LogP contribution in [0, 0.1) is 5.41 Å². The summed E-state index contributed by atoms with van der Waals surface area (Å²) in [6, 6.07) is 9.09. The fraction of sp³-hybridized carbons (Fsp3) is 0.562. The molecule has 0 unspecified atom stereocenters. The third-order valence-electron chi connectivity index (χ3n) is 4.62.